The normalized spacial score (nSPS) is 12.8. The third kappa shape index (κ3) is 4.63. The zero-order chi connectivity index (χ0) is 15.6. The van der Waals surface area contributed by atoms with Crippen LogP contribution in [0.3, 0.4) is 0 Å². The maximum atomic E-state index is 11.8. The molecular formula is C7H5F6NO5. The second-order valence-electron chi connectivity index (χ2n) is 3.08. The molecule has 2 N–H and O–H groups in total. The molecule has 110 valence electrons. The van der Waals surface area contributed by atoms with Crippen molar-refractivity contribution in [3.63, 3.8) is 0 Å². The molecule has 12 heteroatoms. The van der Waals surface area contributed by atoms with E-state index in [-0.39, 0.29) is 6.92 Å². The van der Waals surface area contributed by atoms with Crippen molar-refractivity contribution < 1.29 is 50.2 Å². The molecule has 0 aromatic heterocycles. The predicted octanol–water partition coefficient (Wildman–Crippen LogP) is 0.399. The summed E-state index contributed by atoms with van der Waals surface area (Å²) in [6.07, 6.45) is -11.2. The van der Waals surface area contributed by atoms with Crippen LogP contribution >= 0.6 is 0 Å². The van der Waals surface area contributed by atoms with E-state index in [9.17, 15) is 40.7 Å². The number of primary amides is 1. The average Bonchev–Trinajstić information content (AvgIpc) is 2.13. The zero-order valence-corrected chi connectivity index (χ0v) is 8.89. The molecule has 0 aromatic carbocycles. The van der Waals surface area contributed by atoms with Crippen LogP contribution < -0.4 is 5.73 Å². The highest BCUT2D eigenvalue weighted by molar-refractivity contribution is 5.89. The van der Waals surface area contributed by atoms with Gasteiger partial charge in [-0.15, -0.1) is 0 Å². The smallest absolute Gasteiger partial charge is 0.407 e. The number of hydrogen-bond donors (Lipinski definition) is 1. The molecule has 1 amide bonds. The Hall–Kier alpha value is -2.01. The maximum Gasteiger partial charge on any atom is 0.491 e. The van der Waals surface area contributed by atoms with Gasteiger partial charge < -0.3 is 15.2 Å². The van der Waals surface area contributed by atoms with Crippen LogP contribution in [0, 0.1) is 0 Å². The lowest BCUT2D eigenvalue weighted by molar-refractivity contribution is -0.261. The van der Waals surface area contributed by atoms with Crippen molar-refractivity contribution in [3.05, 3.63) is 0 Å². The quantitative estimate of drug-likeness (QED) is 0.462. The van der Waals surface area contributed by atoms with Crippen molar-refractivity contribution in [1.29, 1.82) is 0 Å². The minimum Gasteiger partial charge on any atom is -0.407 e. The van der Waals surface area contributed by atoms with Gasteiger partial charge in [-0.05, 0) is 0 Å². The molecule has 0 aliphatic carbocycles. The summed E-state index contributed by atoms with van der Waals surface area (Å²) in [5.74, 6) is -11.7. The number of halogens is 6. The summed E-state index contributed by atoms with van der Waals surface area (Å²) in [5, 5.41) is 0. The summed E-state index contributed by atoms with van der Waals surface area (Å²) < 4.78 is 77.6. The number of ether oxygens (including phenoxy) is 2. The third-order valence-corrected chi connectivity index (χ3v) is 1.49. The number of nitrogens with two attached hydrogens (primary N) is 1. The van der Waals surface area contributed by atoms with Gasteiger partial charge in [0.2, 0.25) is 0 Å². The van der Waals surface area contributed by atoms with Gasteiger partial charge in [-0.3, -0.25) is 4.79 Å². The van der Waals surface area contributed by atoms with Gasteiger partial charge in [0.05, 0.1) is 0 Å². The van der Waals surface area contributed by atoms with E-state index in [1.165, 1.54) is 0 Å². The summed E-state index contributed by atoms with van der Waals surface area (Å²) in [6, 6.07) is 0. The van der Waals surface area contributed by atoms with Gasteiger partial charge in [-0.1, -0.05) is 0 Å². The Labute approximate surface area is 100.0 Å². The Kier molecular flexibility index (Phi) is 4.41. The minimum atomic E-state index is -5.62. The van der Waals surface area contributed by atoms with Gasteiger partial charge in [0.15, 0.2) is 0 Å². The number of amides is 1. The molecule has 0 saturated heterocycles. The standard InChI is InChI=1S/C7H5F6NO5/c1-5(2(14)15,18-3(16)6(8,9)10)19-4(17)7(11,12)13/h1H3,(H2,14,15). The van der Waals surface area contributed by atoms with Gasteiger partial charge in [-0.2, -0.15) is 26.3 Å². The predicted molar refractivity (Wildman–Crippen MR) is 41.9 cm³/mol. The van der Waals surface area contributed by atoms with Gasteiger partial charge in [0.1, 0.15) is 0 Å². The fourth-order valence-electron chi connectivity index (χ4n) is 0.591. The molecule has 0 radical (unpaired) electrons. The number of hydrogen-bond acceptors (Lipinski definition) is 5. The summed E-state index contributed by atoms with van der Waals surface area (Å²) in [7, 11) is 0. The molecule has 0 heterocycles. The Morgan fingerprint density at radius 1 is 0.842 bits per heavy atom. The van der Waals surface area contributed by atoms with Crippen LogP contribution in [-0.4, -0.2) is 36.0 Å². The first kappa shape index (κ1) is 17.0. The summed E-state index contributed by atoms with van der Waals surface area (Å²) in [6.45, 7) is 0.155. The van der Waals surface area contributed by atoms with Crippen LogP contribution in [0.2, 0.25) is 0 Å². The molecule has 0 aliphatic rings. The molecule has 0 aromatic rings. The fourth-order valence-corrected chi connectivity index (χ4v) is 0.591. The number of alkyl halides is 6. The highest BCUT2D eigenvalue weighted by Gasteiger charge is 2.53. The first-order valence-corrected chi connectivity index (χ1v) is 4.10. The van der Waals surface area contributed by atoms with Crippen molar-refractivity contribution in [2.45, 2.75) is 25.1 Å². The van der Waals surface area contributed by atoms with Crippen molar-refractivity contribution in [2.75, 3.05) is 0 Å². The van der Waals surface area contributed by atoms with Gasteiger partial charge in [-0.25, -0.2) is 9.59 Å². The van der Waals surface area contributed by atoms with Crippen molar-refractivity contribution in [2.24, 2.45) is 5.73 Å². The van der Waals surface area contributed by atoms with E-state index in [0.29, 0.717) is 0 Å². The first-order valence-electron chi connectivity index (χ1n) is 4.10. The summed E-state index contributed by atoms with van der Waals surface area (Å²) >= 11 is 0. The second-order valence-corrected chi connectivity index (χ2v) is 3.08. The van der Waals surface area contributed by atoms with E-state index < -0.39 is 36.0 Å². The lowest BCUT2D eigenvalue weighted by Crippen LogP contribution is -2.52. The van der Waals surface area contributed by atoms with E-state index in [1.54, 1.807) is 0 Å². The Morgan fingerprint density at radius 3 is 1.26 bits per heavy atom. The molecule has 0 atom stereocenters. The lowest BCUT2D eigenvalue weighted by Gasteiger charge is -2.26. The molecule has 0 unspecified atom stereocenters. The molecular weight excluding hydrogens is 292 g/mol. The SMILES string of the molecule is CC(OC(=O)C(F)(F)F)(OC(=O)C(F)(F)F)C(N)=O. The Morgan fingerprint density at radius 2 is 1.11 bits per heavy atom. The van der Waals surface area contributed by atoms with E-state index in [2.05, 4.69) is 15.2 Å². The highest BCUT2D eigenvalue weighted by atomic mass is 19.4. The molecule has 0 saturated carbocycles. The fraction of sp³-hybridized carbons (Fsp3) is 0.571. The van der Waals surface area contributed by atoms with Crippen LogP contribution in [0.1, 0.15) is 6.92 Å². The molecule has 0 aliphatic heterocycles. The van der Waals surface area contributed by atoms with Crippen LogP contribution in [0.25, 0.3) is 0 Å². The summed E-state index contributed by atoms with van der Waals surface area (Å²) in [4.78, 5) is 31.5. The minimum absolute atomic E-state index is 0.155. The number of esters is 2. The van der Waals surface area contributed by atoms with Crippen molar-refractivity contribution in [3.8, 4) is 0 Å². The Balaban J connectivity index is 5.15. The number of carbonyl (C=O) groups excluding carboxylic acids is 3. The molecule has 19 heavy (non-hydrogen) atoms. The van der Waals surface area contributed by atoms with E-state index in [0.717, 1.165) is 0 Å². The molecule has 0 spiro atoms. The first-order chi connectivity index (χ1) is 8.20. The van der Waals surface area contributed by atoms with Crippen LogP contribution in [0.4, 0.5) is 26.3 Å². The van der Waals surface area contributed by atoms with E-state index in [1.807, 2.05) is 0 Å². The van der Waals surface area contributed by atoms with Gasteiger partial charge in [0.25, 0.3) is 0 Å². The van der Waals surface area contributed by atoms with Crippen molar-refractivity contribution >= 4 is 17.8 Å². The monoisotopic (exact) mass is 297 g/mol. The van der Waals surface area contributed by atoms with E-state index >= 15 is 0 Å². The van der Waals surface area contributed by atoms with Crippen molar-refractivity contribution in [1.82, 2.24) is 0 Å². The van der Waals surface area contributed by atoms with E-state index in [4.69, 9.17) is 0 Å². The lowest BCUT2D eigenvalue weighted by atomic mass is 10.3. The molecule has 0 fully saturated rings. The Bertz CT molecular complexity index is 372. The maximum absolute atomic E-state index is 11.8. The zero-order valence-electron chi connectivity index (χ0n) is 8.89. The van der Waals surface area contributed by atoms with Gasteiger partial charge in [0, 0.05) is 6.92 Å². The third-order valence-electron chi connectivity index (χ3n) is 1.49. The van der Waals surface area contributed by atoms with Gasteiger partial charge >= 0.3 is 36.0 Å². The summed E-state index contributed by atoms with van der Waals surface area (Å²) in [5.41, 5.74) is 4.43. The van der Waals surface area contributed by atoms with Crippen LogP contribution in [-0.2, 0) is 23.9 Å². The molecule has 0 rings (SSSR count). The number of carbonyl (C=O) groups is 3. The van der Waals surface area contributed by atoms with Crippen LogP contribution in [0.5, 0.6) is 0 Å². The highest BCUT2D eigenvalue weighted by Crippen LogP contribution is 2.25. The van der Waals surface area contributed by atoms with Crippen LogP contribution in [0.15, 0.2) is 0 Å². The second kappa shape index (κ2) is 4.93. The average molecular weight is 297 g/mol. The largest absolute Gasteiger partial charge is 0.491 e. The molecule has 0 bridgehead atoms. The topological polar surface area (TPSA) is 95.7 Å². The molecule has 6 nitrogen and oxygen atoms in total. The number of rotatable bonds is 3.